The summed E-state index contributed by atoms with van der Waals surface area (Å²) in [4.78, 5) is 11.9. The summed E-state index contributed by atoms with van der Waals surface area (Å²) in [5, 5.41) is 10.2. The first-order chi connectivity index (χ1) is 10.5. The Kier molecular flexibility index (Phi) is 5.20. The lowest BCUT2D eigenvalue weighted by Crippen LogP contribution is -2.30. The minimum absolute atomic E-state index is 0.179. The van der Waals surface area contributed by atoms with Crippen LogP contribution in [0.2, 0.25) is 0 Å². The minimum atomic E-state index is -0.179. The Morgan fingerprint density at radius 3 is 2.45 bits per heavy atom. The number of anilines is 1. The van der Waals surface area contributed by atoms with Crippen LogP contribution in [0.3, 0.4) is 0 Å². The monoisotopic (exact) mass is 300 g/mol. The van der Waals surface area contributed by atoms with Crippen molar-refractivity contribution < 1.29 is 4.79 Å². The Labute approximate surface area is 131 Å². The molecule has 2 aromatic rings. The lowest BCUT2D eigenvalue weighted by Gasteiger charge is -2.08. The molecular formula is C17H24N4O. The van der Waals surface area contributed by atoms with Crippen molar-refractivity contribution in [2.75, 3.05) is 11.9 Å². The van der Waals surface area contributed by atoms with Crippen molar-refractivity contribution in [1.82, 2.24) is 15.1 Å². The lowest BCUT2D eigenvalue weighted by atomic mass is 10.1. The zero-order valence-corrected chi connectivity index (χ0v) is 13.7. The molecule has 1 aromatic carbocycles. The van der Waals surface area contributed by atoms with Crippen molar-refractivity contribution in [2.45, 2.75) is 40.7 Å². The molecule has 0 unspecified atom stereocenters. The molecule has 0 fully saturated rings. The van der Waals surface area contributed by atoms with Gasteiger partial charge in [-0.05, 0) is 51.8 Å². The van der Waals surface area contributed by atoms with Crippen LogP contribution in [0.1, 0.15) is 29.4 Å². The van der Waals surface area contributed by atoms with E-state index in [4.69, 9.17) is 0 Å². The van der Waals surface area contributed by atoms with Gasteiger partial charge in [0.2, 0.25) is 0 Å². The molecular weight excluding hydrogens is 276 g/mol. The Hall–Kier alpha value is -2.30. The molecule has 2 rings (SSSR count). The Bertz CT molecular complexity index is 643. The van der Waals surface area contributed by atoms with Crippen LogP contribution in [-0.4, -0.2) is 22.4 Å². The maximum atomic E-state index is 11.9. The van der Waals surface area contributed by atoms with Gasteiger partial charge in [-0.25, -0.2) is 4.79 Å². The topological polar surface area (TPSA) is 59.0 Å². The van der Waals surface area contributed by atoms with Gasteiger partial charge in [-0.15, -0.1) is 0 Å². The highest BCUT2D eigenvalue weighted by atomic mass is 16.2. The molecule has 0 saturated heterocycles. The molecule has 0 saturated carbocycles. The van der Waals surface area contributed by atoms with E-state index in [-0.39, 0.29) is 6.03 Å². The quantitative estimate of drug-likeness (QED) is 0.891. The minimum Gasteiger partial charge on any atom is -0.338 e. The molecule has 1 aromatic heterocycles. The number of nitrogens with zero attached hydrogens (tertiary/aromatic N) is 2. The largest absolute Gasteiger partial charge is 0.338 e. The van der Waals surface area contributed by atoms with Gasteiger partial charge < -0.3 is 10.6 Å². The van der Waals surface area contributed by atoms with E-state index >= 15 is 0 Å². The molecule has 22 heavy (non-hydrogen) atoms. The third-order valence-electron chi connectivity index (χ3n) is 3.80. The third-order valence-corrected chi connectivity index (χ3v) is 3.80. The number of aromatic nitrogens is 2. The summed E-state index contributed by atoms with van der Waals surface area (Å²) >= 11 is 0. The van der Waals surface area contributed by atoms with E-state index in [1.807, 2.05) is 42.8 Å². The van der Waals surface area contributed by atoms with Crippen molar-refractivity contribution in [3.05, 3.63) is 46.8 Å². The fourth-order valence-electron chi connectivity index (χ4n) is 2.52. The maximum Gasteiger partial charge on any atom is 0.319 e. The first-order valence-corrected chi connectivity index (χ1v) is 7.65. The first-order valence-electron chi connectivity index (χ1n) is 7.65. The van der Waals surface area contributed by atoms with Crippen LogP contribution in [-0.2, 0) is 13.0 Å². The Morgan fingerprint density at radius 2 is 1.86 bits per heavy atom. The number of rotatable bonds is 5. The highest BCUT2D eigenvalue weighted by Gasteiger charge is 2.10. The number of aryl methyl sites for hydroxylation is 3. The van der Waals surface area contributed by atoms with Gasteiger partial charge in [0.1, 0.15) is 0 Å². The first kappa shape index (κ1) is 16.1. The van der Waals surface area contributed by atoms with Crippen LogP contribution in [0.15, 0.2) is 24.3 Å². The number of carbonyl (C=O) groups is 1. The van der Waals surface area contributed by atoms with E-state index in [1.54, 1.807) is 0 Å². The average molecular weight is 300 g/mol. The second kappa shape index (κ2) is 7.11. The second-order valence-electron chi connectivity index (χ2n) is 5.46. The normalized spacial score (nSPS) is 10.5. The molecule has 2 N–H and O–H groups in total. The zero-order valence-electron chi connectivity index (χ0n) is 13.7. The third kappa shape index (κ3) is 3.87. The van der Waals surface area contributed by atoms with Crippen LogP contribution >= 0.6 is 0 Å². The number of benzene rings is 1. The van der Waals surface area contributed by atoms with E-state index in [0.717, 1.165) is 24.3 Å². The number of urea groups is 1. The zero-order chi connectivity index (χ0) is 16.1. The van der Waals surface area contributed by atoms with Crippen LogP contribution in [0, 0.1) is 20.8 Å². The van der Waals surface area contributed by atoms with Gasteiger partial charge >= 0.3 is 6.03 Å². The van der Waals surface area contributed by atoms with Crippen LogP contribution in [0.25, 0.3) is 0 Å². The number of nitrogens with one attached hydrogen (secondary N) is 2. The molecule has 5 heteroatoms. The van der Waals surface area contributed by atoms with E-state index < -0.39 is 0 Å². The molecule has 0 spiro atoms. The summed E-state index contributed by atoms with van der Waals surface area (Å²) in [6.45, 7) is 9.65. The second-order valence-corrected chi connectivity index (χ2v) is 5.46. The molecule has 2 amide bonds. The number of carbonyl (C=O) groups excluding carboxylic acids is 1. The summed E-state index contributed by atoms with van der Waals surface area (Å²) in [6, 6.07) is 7.56. The van der Waals surface area contributed by atoms with Gasteiger partial charge in [0.15, 0.2) is 0 Å². The van der Waals surface area contributed by atoms with Crippen LogP contribution < -0.4 is 10.6 Å². The van der Waals surface area contributed by atoms with Crippen molar-refractivity contribution in [3.8, 4) is 0 Å². The number of hydrogen-bond donors (Lipinski definition) is 2. The summed E-state index contributed by atoms with van der Waals surface area (Å²) < 4.78 is 2.00. The summed E-state index contributed by atoms with van der Waals surface area (Å²) in [5.74, 6) is 0. The van der Waals surface area contributed by atoms with Gasteiger partial charge in [-0.1, -0.05) is 17.7 Å². The molecule has 5 nitrogen and oxygen atoms in total. The van der Waals surface area contributed by atoms with E-state index in [2.05, 4.69) is 29.6 Å². The van der Waals surface area contributed by atoms with Crippen molar-refractivity contribution in [3.63, 3.8) is 0 Å². The average Bonchev–Trinajstić information content (AvgIpc) is 2.77. The van der Waals surface area contributed by atoms with Gasteiger partial charge in [-0.3, -0.25) is 4.68 Å². The predicted molar refractivity (Wildman–Crippen MR) is 89.3 cm³/mol. The van der Waals surface area contributed by atoms with Gasteiger partial charge in [0.25, 0.3) is 0 Å². The van der Waals surface area contributed by atoms with Crippen molar-refractivity contribution in [1.29, 1.82) is 0 Å². The van der Waals surface area contributed by atoms with Crippen LogP contribution in [0.4, 0.5) is 10.5 Å². The van der Waals surface area contributed by atoms with E-state index in [1.165, 1.54) is 16.8 Å². The highest BCUT2D eigenvalue weighted by molar-refractivity contribution is 5.89. The maximum absolute atomic E-state index is 11.9. The molecule has 0 bridgehead atoms. The molecule has 0 aliphatic heterocycles. The summed E-state index contributed by atoms with van der Waals surface area (Å²) in [6.07, 6.45) is 0.791. The summed E-state index contributed by atoms with van der Waals surface area (Å²) in [5.41, 5.74) is 5.41. The van der Waals surface area contributed by atoms with Crippen molar-refractivity contribution in [2.24, 2.45) is 0 Å². The number of hydrogen-bond acceptors (Lipinski definition) is 2. The van der Waals surface area contributed by atoms with Gasteiger partial charge in [0, 0.05) is 24.5 Å². The van der Waals surface area contributed by atoms with Crippen LogP contribution in [0.5, 0.6) is 0 Å². The predicted octanol–water partition coefficient (Wildman–Crippen LogP) is 3.19. The smallest absolute Gasteiger partial charge is 0.319 e. The molecule has 0 radical (unpaired) electrons. The summed E-state index contributed by atoms with van der Waals surface area (Å²) in [7, 11) is 0. The fourth-order valence-corrected chi connectivity index (χ4v) is 2.52. The van der Waals surface area contributed by atoms with Gasteiger partial charge in [0.05, 0.1) is 5.69 Å². The SMILES string of the molecule is CCn1nc(C)c(CCNC(=O)Nc2ccc(C)cc2)c1C. The molecule has 0 aliphatic rings. The van der Waals surface area contributed by atoms with E-state index in [9.17, 15) is 4.79 Å². The van der Waals surface area contributed by atoms with Gasteiger partial charge in [-0.2, -0.15) is 5.10 Å². The highest BCUT2D eigenvalue weighted by Crippen LogP contribution is 2.13. The molecule has 118 valence electrons. The Balaban J connectivity index is 1.84. The molecule has 0 atom stereocenters. The van der Waals surface area contributed by atoms with E-state index in [0.29, 0.717) is 6.54 Å². The number of amides is 2. The van der Waals surface area contributed by atoms with Crippen molar-refractivity contribution >= 4 is 11.7 Å². The standard InChI is InChI=1S/C17H24N4O/c1-5-21-14(4)16(13(3)20-21)10-11-18-17(22)19-15-8-6-12(2)7-9-15/h6-9H,5,10-11H2,1-4H3,(H2,18,19,22). The lowest BCUT2D eigenvalue weighted by molar-refractivity contribution is 0.252. The molecule has 0 aliphatic carbocycles. The fraction of sp³-hybridized carbons (Fsp3) is 0.412. The Morgan fingerprint density at radius 1 is 1.18 bits per heavy atom. The molecule has 1 heterocycles.